The van der Waals surface area contributed by atoms with E-state index in [0.717, 1.165) is 0 Å². The van der Waals surface area contributed by atoms with Gasteiger partial charge in [0.1, 0.15) is 6.54 Å². The lowest BCUT2D eigenvalue weighted by molar-refractivity contribution is -0.118. The van der Waals surface area contributed by atoms with Gasteiger partial charge < -0.3 is 9.64 Å². The summed E-state index contributed by atoms with van der Waals surface area (Å²) in [6.07, 6.45) is 1.65. The number of rotatable bonds is 12. The normalized spacial score (nSPS) is 15.6. The van der Waals surface area contributed by atoms with Crippen molar-refractivity contribution in [2.75, 3.05) is 25.4 Å². The van der Waals surface area contributed by atoms with Gasteiger partial charge in [-0.2, -0.15) is 0 Å². The zero-order chi connectivity index (χ0) is 22.3. The van der Waals surface area contributed by atoms with Crippen molar-refractivity contribution in [1.82, 2.24) is 14.9 Å². The highest BCUT2D eigenvalue weighted by molar-refractivity contribution is 7.89. The highest BCUT2D eigenvalue weighted by Gasteiger charge is 2.25. The van der Waals surface area contributed by atoms with Gasteiger partial charge in [-0.05, 0) is 43.4 Å². The Morgan fingerprint density at radius 2 is 1.93 bits per heavy atom. The Morgan fingerprint density at radius 1 is 1.20 bits per heavy atom. The first-order valence-corrected chi connectivity index (χ1v) is 11.7. The SMILES string of the molecule is CC(C)COc1cc([C@@H](C)NS(=O)(=O)CCCCCN2CC(=O)NC2=O)ccc1F. The van der Waals surface area contributed by atoms with E-state index in [1.165, 1.54) is 23.1 Å². The fourth-order valence-corrected chi connectivity index (χ4v) is 4.36. The number of hydrogen-bond acceptors (Lipinski definition) is 5. The summed E-state index contributed by atoms with van der Waals surface area (Å²) >= 11 is 0. The third kappa shape index (κ3) is 7.56. The van der Waals surface area contributed by atoms with Crippen LogP contribution >= 0.6 is 0 Å². The van der Waals surface area contributed by atoms with Crippen molar-refractivity contribution in [3.8, 4) is 5.75 Å². The summed E-state index contributed by atoms with van der Waals surface area (Å²) in [5.41, 5.74) is 0.614. The Bertz CT molecular complexity index is 860. The predicted octanol–water partition coefficient (Wildman–Crippen LogP) is 2.56. The second-order valence-corrected chi connectivity index (χ2v) is 9.76. The Morgan fingerprint density at radius 3 is 2.57 bits per heavy atom. The fraction of sp³-hybridized carbons (Fsp3) is 0.600. The van der Waals surface area contributed by atoms with Gasteiger partial charge in [-0.3, -0.25) is 10.1 Å². The van der Waals surface area contributed by atoms with Crippen LogP contribution in [0.25, 0.3) is 0 Å². The summed E-state index contributed by atoms with van der Waals surface area (Å²) in [4.78, 5) is 24.0. The van der Waals surface area contributed by atoms with Gasteiger partial charge in [0.25, 0.3) is 0 Å². The first-order chi connectivity index (χ1) is 14.1. The molecule has 0 unspecified atom stereocenters. The van der Waals surface area contributed by atoms with Crippen molar-refractivity contribution in [2.24, 2.45) is 5.92 Å². The molecular formula is C20H30FN3O5S. The number of sulfonamides is 1. The molecule has 1 aliphatic heterocycles. The minimum Gasteiger partial charge on any atom is -0.490 e. The van der Waals surface area contributed by atoms with Crippen molar-refractivity contribution < 1.29 is 27.1 Å². The zero-order valence-electron chi connectivity index (χ0n) is 17.6. The number of benzene rings is 1. The summed E-state index contributed by atoms with van der Waals surface area (Å²) in [7, 11) is -3.53. The molecule has 0 aliphatic carbocycles. The van der Waals surface area contributed by atoms with Crippen LogP contribution in [-0.4, -0.2) is 50.7 Å². The smallest absolute Gasteiger partial charge is 0.324 e. The van der Waals surface area contributed by atoms with Crippen molar-refractivity contribution >= 4 is 22.0 Å². The topological polar surface area (TPSA) is 105 Å². The van der Waals surface area contributed by atoms with Crippen molar-refractivity contribution in [1.29, 1.82) is 0 Å². The molecule has 1 aliphatic rings. The van der Waals surface area contributed by atoms with Gasteiger partial charge in [0, 0.05) is 12.6 Å². The van der Waals surface area contributed by atoms with Crippen LogP contribution in [0.15, 0.2) is 18.2 Å². The molecule has 1 atom stereocenters. The number of imide groups is 1. The number of unbranched alkanes of at least 4 members (excludes halogenated alkanes) is 2. The molecule has 1 fully saturated rings. The van der Waals surface area contributed by atoms with E-state index in [1.54, 1.807) is 6.92 Å². The number of halogens is 1. The van der Waals surface area contributed by atoms with E-state index in [1.807, 2.05) is 13.8 Å². The van der Waals surface area contributed by atoms with Crippen molar-refractivity contribution in [3.05, 3.63) is 29.6 Å². The van der Waals surface area contributed by atoms with E-state index >= 15 is 0 Å². The monoisotopic (exact) mass is 443 g/mol. The molecule has 0 aromatic heterocycles. The molecule has 168 valence electrons. The highest BCUT2D eigenvalue weighted by Crippen LogP contribution is 2.24. The maximum absolute atomic E-state index is 13.9. The molecule has 2 N–H and O–H groups in total. The largest absolute Gasteiger partial charge is 0.490 e. The molecule has 0 radical (unpaired) electrons. The highest BCUT2D eigenvalue weighted by atomic mass is 32.2. The third-order valence-corrected chi connectivity index (χ3v) is 6.13. The number of nitrogens with one attached hydrogen (secondary N) is 2. The van der Waals surface area contributed by atoms with E-state index in [4.69, 9.17) is 4.74 Å². The van der Waals surface area contributed by atoms with Crippen LogP contribution in [0.1, 0.15) is 51.6 Å². The lowest BCUT2D eigenvalue weighted by atomic mass is 10.1. The molecule has 30 heavy (non-hydrogen) atoms. The van der Waals surface area contributed by atoms with Crippen LogP contribution < -0.4 is 14.8 Å². The standard InChI is InChI=1S/C20H30FN3O5S/c1-14(2)13-29-18-11-16(7-8-17(18)21)15(3)23-30(27,28)10-6-4-5-9-24-12-19(25)22-20(24)26/h7-8,11,14-15,23H,4-6,9-10,12-13H2,1-3H3,(H,22,25,26)/t15-/m1/s1. The first kappa shape index (κ1) is 24.1. The lowest BCUT2D eigenvalue weighted by Crippen LogP contribution is -2.30. The zero-order valence-corrected chi connectivity index (χ0v) is 18.4. The van der Waals surface area contributed by atoms with E-state index in [2.05, 4.69) is 10.0 Å². The number of hydrogen-bond donors (Lipinski definition) is 2. The lowest BCUT2D eigenvalue weighted by Gasteiger charge is -2.17. The number of ether oxygens (including phenoxy) is 1. The van der Waals surface area contributed by atoms with Crippen molar-refractivity contribution in [3.63, 3.8) is 0 Å². The second-order valence-electron chi connectivity index (χ2n) is 7.89. The Kier molecular flexibility index (Phi) is 8.60. The first-order valence-electron chi connectivity index (χ1n) is 10.1. The van der Waals surface area contributed by atoms with Gasteiger partial charge in [-0.25, -0.2) is 22.3 Å². The van der Waals surface area contributed by atoms with Crippen LogP contribution in [0.2, 0.25) is 0 Å². The maximum atomic E-state index is 13.9. The quantitative estimate of drug-likeness (QED) is 0.382. The molecule has 3 amide bonds. The van der Waals surface area contributed by atoms with E-state index in [9.17, 15) is 22.4 Å². The fourth-order valence-electron chi connectivity index (χ4n) is 2.99. The van der Waals surface area contributed by atoms with Crippen LogP contribution in [0.5, 0.6) is 5.75 Å². The van der Waals surface area contributed by atoms with Gasteiger partial charge in [0.2, 0.25) is 15.9 Å². The van der Waals surface area contributed by atoms with Gasteiger partial charge in [-0.15, -0.1) is 0 Å². The van der Waals surface area contributed by atoms with Crippen LogP contribution in [0.3, 0.4) is 0 Å². The second kappa shape index (κ2) is 10.7. The molecule has 0 bridgehead atoms. The predicted molar refractivity (Wildman–Crippen MR) is 111 cm³/mol. The number of carbonyl (C=O) groups is 2. The molecule has 1 aromatic rings. The van der Waals surface area contributed by atoms with E-state index in [-0.39, 0.29) is 29.9 Å². The molecule has 1 aromatic carbocycles. The van der Waals surface area contributed by atoms with E-state index < -0.39 is 27.9 Å². The van der Waals surface area contributed by atoms with E-state index in [0.29, 0.717) is 38.0 Å². The van der Waals surface area contributed by atoms with Gasteiger partial charge in [-0.1, -0.05) is 26.3 Å². The molecule has 10 heteroatoms. The average molecular weight is 444 g/mol. The van der Waals surface area contributed by atoms with Crippen LogP contribution in [-0.2, 0) is 14.8 Å². The Hall–Kier alpha value is -2.20. The summed E-state index contributed by atoms with van der Waals surface area (Å²) in [5, 5.41) is 2.20. The molecule has 1 saturated heterocycles. The van der Waals surface area contributed by atoms with Crippen LogP contribution in [0, 0.1) is 11.7 Å². The summed E-state index contributed by atoms with van der Waals surface area (Å²) < 4.78 is 46.7. The molecule has 2 rings (SSSR count). The minimum absolute atomic E-state index is 0.0523. The Balaban J connectivity index is 1.79. The molecule has 1 heterocycles. The minimum atomic E-state index is -3.53. The summed E-state index contributed by atoms with van der Waals surface area (Å²) in [6.45, 7) is 6.44. The number of nitrogens with zero attached hydrogens (tertiary/aromatic N) is 1. The summed E-state index contributed by atoms with van der Waals surface area (Å²) in [5.74, 6) is -0.511. The van der Waals surface area contributed by atoms with Crippen molar-refractivity contribution in [2.45, 2.75) is 46.1 Å². The third-order valence-electron chi connectivity index (χ3n) is 4.59. The van der Waals surface area contributed by atoms with Gasteiger partial charge in [0.15, 0.2) is 11.6 Å². The maximum Gasteiger partial charge on any atom is 0.324 e. The molecule has 0 saturated carbocycles. The number of carbonyl (C=O) groups excluding carboxylic acids is 2. The summed E-state index contributed by atoms with van der Waals surface area (Å²) in [6, 6.07) is 3.39. The number of urea groups is 1. The molecule has 0 spiro atoms. The number of amides is 3. The average Bonchev–Trinajstić information content (AvgIpc) is 2.97. The molecule has 8 nitrogen and oxygen atoms in total. The van der Waals surface area contributed by atoms with Crippen LogP contribution in [0.4, 0.5) is 9.18 Å². The molecular weight excluding hydrogens is 413 g/mol. The van der Waals surface area contributed by atoms with Gasteiger partial charge >= 0.3 is 6.03 Å². The Labute approximate surface area is 177 Å². The van der Waals surface area contributed by atoms with Gasteiger partial charge in [0.05, 0.1) is 12.4 Å².